The topological polar surface area (TPSA) is 55.1 Å². The molecule has 0 unspecified atom stereocenters. The Morgan fingerprint density at radius 3 is 2.16 bits per heavy atom. The Morgan fingerprint density at radius 1 is 1.04 bits per heavy atom. The highest BCUT2D eigenvalue weighted by molar-refractivity contribution is 5.96. The highest BCUT2D eigenvalue weighted by atomic mass is 19.4. The molecule has 0 aliphatic carbocycles. The molecule has 1 heterocycles. The van der Waals surface area contributed by atoms with Crippen molar-refractivity contribution in [2.75, 3.05) is 0 Å². The molecule has 1 aromatic heterocycles. The van der Waals surface area contributed by atoms with Crippen LogP contribution in [0.15, 0.2) is 54.6 Å². The van der Waals surface area contributed by atoms with E-state index in [1.807, 2.05) is 6.07 Å². The van der Waals surface area contributed by atoms with E-state index in [2.05, 4.69) is 5.10 Å². The molecule has 0 aliphatic rings. The molecule has 1 N–H and O–H groups in total. The fourth-order valence-corrected chi connectivity index (χ4v) is 2.60. The van der Waals surface area contributed by atoms with Crippen molar-refractivity contribution in [2.45, 2.75) is 13.1 Å². The molecule has 2 aromatic carbocycles. The van der Waals surface area contributed by atoms with Gasteiger partial charge in [-0.15, -0.1) is 0 Å². The van der Waals surface area contributed by atoms with Crippen LogP contribution in [-0.4, -0.2) is 20.9 Å². The minimum absolute atomic E-state index is 0.0383. The number of benzene rings is 2. The van der Waals surface area contributed by atoms with Crippen LogP contribution < -0.4 is 0 Å². The van der Waals surface area contributed by atoms with Crippen molar-refractivity contribution in [3.05, 3.63) is 71.4 Å². The second kappa shape index (κ2) is 6.08. The third kappa shape index (κ3) is 3.13. The van der Waals surface area contributed by atoms with E-state index < -0.39 is 17.7 Å². The van der Waals surface area contributed by atoms with Crippen LogP contribution in [0.25, 0.3) is 16.9 Å². The molecule has 0 spiro atoms. The van der Waals surface area contributed by atoms with Gasteiger partial charge in [-0.3, -0.25) is 0 Å². The van der Waals surface area contributed by atoms with Gasteiger partial charge in [0.1, 0.15) is 11.3 Å². The third-order valence-electron chi connectivity index (χ3n) is 3.82. The average Bonchev–Trinajstić information content (AvgIpc) is 2.92. The predicted molar refractivity (Wildman–Crippen MR) is 85.7 cm³/mol. The van der Waals surface area contributed by atoms with Gasteiger partial charge in [-0.2, -0.15) is 18.3 Å². The molecule has 0 atom stereocenters. The molecular formula is C18H13F3N2O2. The average molecular weight is 346 g/mol. The van der Waals surface area contributed by atoms with E-state index >= 15 is 0 Å². The fourth-order valence-electron chi connectivity index (χ4n) is 2.60. The zero-order valence-corrected chi connectivity index (χ0v) is 13.1. The molecule has 3 aromatic rings. The summed E-state index contributed by atoms with van der Waals surface area (Å²) >= 11 is 0. The van der Waals surface area contributed by atoms with E-state index in [-0.39, 0.29) is 11.3 Å². The second-order valence-electron chi connectivity index (χ2n) is 5.44. The number of nitrogens with zero attached hydrogens (tertiary/aromatic N) is 2. The number of carboxylic acid groups (broad SMARTS) is 1. The number of aromatic carboxylic acids is 1. The minimum atomic E-state index is -4.45. The number of halogens is 3. The Kier molecular flexibility index (Phi) is 4.08. The number of hydrogen-bond acceptors (Lipinski definition) is 2. The lowest BCUT2D eigenvalue weighted by atomic mass is 10.0. The van der Waals surface area contributed by atoms with Crippen molar-refractivity contribution in [2.24, 2.45) is 0 Å². The van der Waals surface area contributed by atoms with E-state index in [0.717, 1.165) is 12.1 Å². The highest BCUT2D eigenvalue weighted by Crippen LogP contribution is 2.32. The maximum Gasteiger partial charge on any atom is 0.416 e. The quantitative estimate of drug-likeness (QED) is 0.756. The molecule has 0 amide bonds. The van der Waals surface area contributed by atoms with E-state index in [4.69, 9.17) is 0 Å². The SMILES string of the molecule is Cc1c(C(=O)O)c(-c2ccc(C(F)(F)F)cc2)nn1-c1ccccc1. The molecule has 0 radical (unpaired) electrons. The first-order valence-corrected chi connectivity index (χ1v) is 7.35. The van der Waals surface area contributed by atoms with Crippen LogP contribution in [0, 0.1) is 6.92 Å². The first kappa shape index (κ1) is 16.8. The molecule has 0 fully saturated rings. The van der Waals surface area contributed by atoms with Gasteiger partial charge in [0.2, 0.25) is 0 Å². The zero-order chi connectivity index (χ0) is 18.2. The highest BCUT2D eigenvalue weighted by Gasteiger charge is 2.30. The lowest BCUT2D eigenvalue weighted by Gasteiger charge is -2.07. The Morgan fingerprint density at radius 2 is 1.64 bits per heavy atom. The van der Waals surface area contributed by atoms with Gasteiger partial charge in [0, 0.05) is 5.56 Å². The van der Waals surface area contributed by atoms with Crippen molar-refractivity contribution in [1.82, 2.24) is 9.78 Å². The van der Waals surface area contributed by atoms with E-state index in [1.54, 1.807) is 31.2 Å². The standard InChI is InChI=1S/C18H13F3N2O2/c1-11-15(17(24)25)16(22-23(11)14-5-3-2-4-6-14)12-7-9-13(10-8-12)18(19,20)21/h2-10H,1H3,(H,24,25). The minimum Gasteiger partial charge on any atom is -0.478 e. The summed E-state index contributed by atoms with van der Waals surface area (Å²) in [6.07, 6.45) is -4.45. The van der Waals surface area contributed by atoms with Gasteiger partial charge in [0.05, 0.1) is 16.9 Å². The Balaban J connectivity index is 2.14. The van der Waals surface area contributed by atoms with Crippen LogP contribution in [-0.2, 0) is 6.18 Å². The van der Waals surface area contributed by atoms with E-state index in [1.165, 1.54) is 16.8 Å². The molecular weight excluding hydrogens is 333 g/mol. The zero-order valence-electron chi connectivity index (χ0n) is 13.1. The summed E-state index contributed by atoms with van der Waals surface area (Å²) in [4.78, 5) is 11.7. The van der Waals surface area contributed by atoms with Gasteiger partial charge < -0.3 is 5.11 Å². The van der Waals surface area contributed by atoms with Crippen LogP contribution in [0.4, 0.5) is 13.2 Å². The maximum absolute atomic E-state index is 12.7. The number of carbonyl (C=O) groups is 1. The Hall–Kier alpha value is -3.09. The first-order valence-electron chi connectivity index (χ1n) is 7.35. The number of carboxylic acids is 1. The first-order chi connectivity index (χ1) is 11.8. The molecule has 0 bridgehead atoms. The van der Waals surface area contributed by atoms with Gasteiger partial charge in [-0.1, -0.05) is 30.3 Å². The van der Waals surface area contributed by atoms with Crippen LogP contribution in [0.3, 0.4) is 0 Å². The summed E-state index contributed by atoms with van der Waals surface area (Å²) < 4.78 is 39.6. The molecule has 128 valence electrons. The normalized spacial score (nSPS) is 11.5. The van der Waals surface area contributed by atoms with Crippen LogP contribution in [0.2, 0.25) is 0 Å². The summed E-state index contributed by atoms with van der Waals surface area (Å²) in [5, 5.41) is 13.8. The van der Waals surface area contributed by atoms with Crippen LogP contribution >= 0.6 is 0 Å². The third-order valence-corrected chi connectivity index (χ3v) is 3.82. The van der Waals surface area contributed by atoms with Gasteiger partial charge in [-0.05, 0) is 31.2 Å². The summed E-state index contributed by atoms with van der Waals surface area (Å²) in [6.45, 7) is 1.61. The molecule has 4 nitrogen and oxygen atoms in total. The number of aromatic nitrogens is 2. The molecule has 0 aliphatic heterocycles. The summed E-state index contributed by atoms with van der Waals surface area (Å²) in [6, 6.07) is 13.2. The monoisotopic (exact) mass is 346 g/mol. The molecule has 0 saturated carbocycles. The molecule has 3 rings (SSSR count). The van der Waals surface area contributed by atoms with Crippen LogP contribution in [0.1, 0.15) is 21.6 Å². The second-order valence-corrected chi connectivity index (χ2v) is 5.44. The number of para-hydroxylation sites is 1. The van der Waals surface area contributed by atoms with Gasteiger partial charge >= 0.3 is 12.1 Å². The summed E-state index contributed by atoms with van der Waals surface area (Å²) in [5.74, 6) is -1.19. The molecule has 0 saturated heterocycles. The predicted octanol–water partition coefficient (Wildman–Crippen LogP) is 4.56. The summed E-state index contributed by atoms with van der Waals surface area (Å²) in [7, 11) is 0. The fraction of sp³-hybridized carbons (Fsp3) is 0.111. The van der Waals surface area contributed by atoms with Crippen molar-refractivity contribution in [3.63, 3.8) is 0 Å². The van der Waals surface area contributed by atoms with Crippen LogP contribution in [0.5, 0.6) is 0 Å². The van der Waals surface area contributed by atoms with Crippen molar-refractivity contribution < 1.29 is 23.1 Å². The number of alkyl halides is 3. The number of hydrogen-bond donors (Lipinski definition) is 1. The molecule has 7 heteroatoms. The molecule has 25 heavy (non-hydrogen) atoms. The van der Waals surface area contributed by atoms with Crippen molar-refractivity contribution in [1.29, 1.82) is 0 Å². The Labute approximate surface area is 141 Å². The Bertz CT molecular complexity index is 914. The lowest BCUT2D eigenvalue weighted by Crippen LogP contribution is -2.04. The van der Waals surface area contributed by atoms with E-state index in [0.29, 0.717) is 16.9 Å². The van der Waals surface area contributed by atoms with Crippen molar-refractivity contribution >= 4 is 5.97 Å². The van der Waals surface area contributed by atoms with Gasteiger partial charge in [0.15, 0.2) is 0 Å². The number of rotatable bonds is 3. The largest absolute Gasteiger partial charge is 0.478 e. The van der Waals surface area contributed by atoms with Gasteiger partial charge in [0.25, 0.3) is 0 Å². The van der Waals surface area contributed by atoms with Gasteiger partial charge in [-0.25, -0.2) is 9.48 Å². The van der Waals surface area contributed by atoms with Crippen molar-refractivity contribution in [3.8, 4) is 16.9 Å². The maximum atomic E-state index is 12.7. The summed E-state index contributed by atoms with van der Waals surface area (Å²) in [5.41, 5.74) is 0.663. The lowest BCUT2D eigenvalue weighted by molar-refractivity contribution is -0.137. The smallest absolute Gasteiger partial charge is 0.416 e. The van der Waals surface area contributed by atoms with E-state index in [9.17, 15) is 23.1 Å².